The van der Waals surface area contributed by atoms with Crippen molar-refractivity contribution >= 4 is 11.9 Å². The van der Waals surface area contributed by atoms with E-state index in [2.05, 4.69) is 47.5 Å². The lowest BCUT2D eigenvalue weighted by Crippen LogP contribution is -2.45. The molecule has 2 aliphatic heterocycles. The van der Waals surface area contributed by atoms with Gasteiger partial charge >= 0.3 is 5.97 Å². The van der Waals surface area contributed by atoms with Gasteiger partial charge in [0, 0.05) is 57.0 Å². The molecule has 0 bridgehead atoms. The fraction of sp³-hybridized carbons (Fsp3) is 0.625. The summed E-state index contributed by atoms with van der Waals surface area (Å²) in [6.07, 6.45) is 8.40. The Morgan fingerprint density at radius 3 is 2.58 bits per heavy atom. The van der Waals surface area contributed by atoms with Gasteiger partial charge in [0.2, 0.25) is 5.91 Å². The molecule has 1 amide bonds. The Balaban J connectivity index is 1.55. The monoisotopic (exact) mass is 552 g/mol. The van der Waals surface area contributed by atoms with E-state index in [0.717, 1.165) is 75.0 Å². The number of ether oxygens (including phenoxy) is 1. The molecule has 0 spiro atoms. The van der Waals surface area contributed by atoms with Gasteiger partial charge in [-0.15, -0.1) is 0 Å². The van der Waals surface area contributed by atoms with Crippen molar-refractivity contribution in [3.8, 4) is 5.75 Å². The molecule has 0 saturated carbocycles. The van der Waals surface area contributed by atoms with Crippen LogP contribution in [0.3, 0.4) is 0 Å². The van der Waals surface area contributed by atoms with Gasteiger partial charge in [-0.25, -0.2) is 0 Å². The number of aryl methyl sites for hydroxylation is 2. The molecule has 2 aromatic rings. The van der Waals surface area contributed by atoms with Crippen molar-refractivity contribution in [1.82, 2.24) is 19.3 Å². The van der Waals surface area contributed by atoms with Crippen molar-refractivity contribution < 1.29 is 19.4 Å². The number of hydrogen-bond donors (Lipinski definition) is 1. The maximum Gasteiger partial charge on any atom is 0.308 e. The second-order valence-corrected chi connectivity index (χ2v) is 11.8. The summed E-state index contributed by atoms with van der Waals surface area (Å²) in [4.78, 5) is 33.0. The number of hydrogen-bond acceptors (Lipinski definition) is 5. The normalized spacial score (nSPS) is 20.6. The Kier molecular flexibility index (Phi) is 10.7. The van der Waals surface area contributed by atoms with E-state index < -0.39 is 11.9 Å². The fourth-order valence-electron chi connectivity index (χ4n) is 6.39. The average Bonchev–Trinajstić information content (AvgIpc) is 3.64. The maximum absolute atomic E-state index is 13.7. The molecule has 1 aromatic heterocycles. The summed E-state index contributed by atoms with van der Waals surface area (Å²) in [6.45, 7) is 6.19. The number of fused-ring (bicyclic) bond motifs is 1. The van der Waals surface area contributed by atoms with Crippen LogP contribution in [-0.2, 0) is 29.5 Å². The molecule has 8 nitrogen and oxygen atoms in total. The van der Waals surface area contributed by atoms with E-state index in [-0.39, 0.29) is 24.4 Å². The first-order valence-corrected chi connectivity index (χ1v) is 15.0. The van der Waals surface area contributed by atoms with Gasteiger partial charge < -0.3 is 24.2 Å². The highest BCUT2D eigenvalue weighted by molar-refractivity contribution is 5.79. The van der Waals surface area contributed by atoms with Crippen molar-refractivity contribution in [2.75, 3.05) is 53.4 Å². The number of carbonyl (C=O) groups is 2. The van der Waals surface area contributed by atoms with E-state index in [1.807, 2.05) is 36.3 Å². The minimum Gasteiger partial charge on any atom is -0.493 e. The van der Waals surface area contributed by atoms with Gasteiger partial charge in [0.05, 0.1) is 19.1 Å². The number of amides is 1. The van der Waals surface area contributed by atoms with Crippen LogP contribution in [0.4, 0.5) is 0 Å². The van der Waals surface area contributed by atoms with E-state index >= 15 is 0 Å². The minimum absolute atomic E-state index is 0.120. The van der Waals surface area contributed by atoms with Crippen molar-refractivity contribution in [1.29, 1.82) is 0 Å². The molecule has 1 N–H and O–H groups in total. The van der Waals surface area contributed by atoms with Gasteiger partial charge in [-0.2, -0.15) is 0 Å². The molecule has 220 valence electrons. The predicted octanol–water partition coefficient (Wildman–Crippen LogP) is 4.03. The Morgan fingerprint density at radius 2 is 1.88 bits per heavy atom. The van der Waals surface area contributed by atoms with Crippen molar-refractivity contribution in [3.05, 3.63) is 53.3 Å². The lowest BCUT2D eigenvalue weighted by molar-refractivity contribution is -0.143. The highest BCUT2D eigenvalue weighted by Crippen LogP contribution is 2.41. The number of carboxylic acid groups (broad SMARTS) is 1. The molecular weight excluding hydrogens is 504 g/mol. The predicted molar refractivity (Wildman–Crippen MR) is 158 cm³/mol. The first-order chi connectivity index (χ1) is 19.3. The minimum atomic E-state index is -0.778. The molecule has 4 rings (SSSR count). The third kappa shape index (κ3) is 7.46. The Hall–Kier alpha value is -2.84. The van der Waals surface area contributed by atoms with Crippen LogP contribution < -0.4 is 4.74 Å². The number of carboxylic acids is 1. The van der Waals surface area contributed by atoms with E-state index in [9.17, 15) is 14.7 Å². The van der Waals surface area contributed by atoms with Gasteiger partial charge in [-0.1, -0.05) is 25.5 Å². The van der Waals surface area contributed by atoms with E-state index in [4.69, 9.17) is 4.74 Å². The van der Waals surface area contributed by atoms with Crippen molar-refractivity contribution in [2.24, 2.45) is 13.0 Å². The smallest absolute Gasteiger partial charge is 0.308 e. The quantitative estimate of drug-likeness (QED) is 0.336. The highest BCUT2D eigenvalue weighted by atomic mass is 16.5. The molecule has 0 radical (unpaired) electrons. The molecule has 1 aromatic carbocycles. The largest absolute Gasteiger partial charge is 0.493 e. The van der Waals surface area contributed by atoms with Crippen LogP contribution in [0, 0.1) is 5.92 Å². The summed E-state index contributed by atoms with van der Waals surface area (Å²) in [6, 6.07) is 10.1. The number of aromatic nitrogens is 1. The van der Waals surface area contributed by atoms with Crippen LogP contribution in [-0.4, -0.2) is 95.7 Å². The molecular formula is C32H48N4O4. The number of benzene rings is 1. The second-order valence-electron chi connectivity index (χ2n) is 11.8. The summed E-state index contributed by atoms with van der Waals surface area (Å²) in [5.74, 6) is -0.493. The number of aliphatic carboxylic acids is 1. The lowest BCUT2D eigenvalue weighted by atomic mass is 9.83. The summed E-state index contributed by atoms with van der Waals surface area (Å²) in [7, 11) is 6.18. The van der Waals surface area contributed by atoms with Crippen molar-refractivity contribution in [3.63, 3.8) is 0 Å². The molecule has 40 heavy (non-hydrogen) atoms. The standard InChI is InChI=1S/C32H48N4O4/c1-5-6-18-35(19-8-7-16-33(2)3)30(37)23-36-22-27(24-11-14-29-25(21-24)15-20-40-29)31(32(38)39)28(36)13-12-26-10-9-17-34(26)4/h9-11,14,17,21,27-28,31H,5-8,12-13,15-16,18-20,22-23H2,1-4H3,(H,38,39). The first-order valence-electron chi connectivity index (χ1n) is 15.0. The summed E-state index contributed by atoms with van der Waals surface area (Å²) < 4.78 is 7.80. The number of unbranched alkanes of at least 4 members (excludes halogenated alkanes) is 2. The zero-order valence-corrected chi connectivity index (χ0v) is 24.8. The Morgan fingerprint density at radius 1 is 1.10 bits per heavy atom. The first kappa shape index (κ1) is 30.1. The van der Waals surface area contributed by atoms with Crippen molar-refractivity contribution in [2.45, 2.75) is 63.8 Å². The van der Waals surface area contributed by atoms with Gasteiger partial charge in [-0.05, 0) is 82.1 Å². The summed E-state index contributed by atoms with van der Waals surface area (Å²) >= 11 is 0. The Bertz CT molecular complexity index is 1130. The average molecular weight is 553 g/mol. The fourth-order valence-corrected chi connectivity index (χ4v) is 6.39. The zero-order valence-electron chi connectivity index (χ0n) is 24.8. The molecule has 1 saturated heterocycles. The summed E-state index contributed by atoms with van der Waals surface area (Å²) in [5, 5.41) is 10.5. The maximum atomic E-state index is 13.7. The Labute approximate surface area is 239 Å². The van der Waals surface area contributed by atoms with Gasteiger partial charge in [0.15, 0.2) is 0 Å². The SMILES string of the molecule is CCCCN(CCCCN(C)C)C(=O)CN1CC(c2ccc3c(c2)CCO3)C(C(=O)O)C1CCc1cccn1C. The highest BCUT2D eigenvalue weighted by Gasteiger charge is 2.47. The third-order valence-electron chi connectivity index (χ3n) is 8.68. The van der Waals surface area contributed by atoms with E-state index in [1.165, 1.54) is 5.69 Å². The topological polar surface area (TPSA) is 78.2 Å². The molecule has 0 aliphatic carbocycles. The van der Waals surface area contributed by atoms with Crippen LogP contribution in [0.1, 0.15) is 61.8 Å². The van der Waals surface area contributed by atoms with E-state index in [0.29, 0.717) is 19.6 Å². The van der Waals surface area contributed by atoms with Gasteiger partial charge in [0.1, 0.15) is 5.75 Å². The zero-order chi connectivity index (χ0) is 28.6. The molecule has 1 fully saturated rings. The van der Waals surface area contributed by atoms with Crippen LogP contribution in [0.2, 0.25) is 0 Å². The molecule has 8 heteroatoms. The van der Waals surface area contributed by atoms with Crippen LogP contribution in [0.25, 0.3) is 0 Å². The van der Waals surface area contributed by atoms with Crippen LogP contribution >= 0.6 is 0 Å². The third-order valence-corrected chi connectivity index (χ3v) is 8.68. The van der Waals surface area contributed by atoms with Crippen LogP contribution in [0.15, 0.2) is 36.5 Å². The van der Waals surface area contributed by atoms with Crippen LogP contribution in [0.5, 0.6) is 5.75 Å². The summed E-state index contributed by atoms with van der Waals surface area (Å²) in [5.41, 5.74) is 3.38. The number of likely N-dealkylation sites (tertiary alicyclic amines) is 1. The lowest BCUT2D eigenvalue weighted by Gasteiger charge is -2.30. The second kappa shape index (κ2) is 14.2. The number of nitrogens with zero attached hydrogens (tertiary/aromatic N) is 4. The molecule has 3 atom stereocenters. The number of carbonyl (C=O) groups excluding carboxylic acids is 1. The molecule has 3 heterocycles. The molecule has 3 unspecified atom stereocenters. The van der Waals surface area contributed by atoms with Gasteiger partial charge in [0.25, 0.3) is 0 Å². The van der Waals surface area contributed by atoms with Gasteiger partial charge in [-0.3, -0.25) is 14.5 Å². The van der Waals surface area contributed by atoms with E-state index in [1.54, 1.807) is 0 Å². The molecule has 2 aliphatic rings. The number of rotatable bonds is 15.